The van der Waals surface area contributed by atoms with E-state index in [4.69, 9.17) is 15.0 Å². The van der Waals surface area contributed by atoms with Gasteiger partial charge in [0, 0.05) is 0 Å². The SMILES string of the molecule is C=C.CC(O)CO.CC=O. The highest BCUT2D eigenvalue weighted by molar-refractivity contribution is 5.44. The fraction of sp³-hybridized carbons (Fsp3) is 0.571. The summed E-state index contributed by atoms with van der Waals surface area (Å²) in [7, 11) is 0. The lowest BCUT2D eigenvalue weighted by molar-refractivity contribution is -0.106. The maximum absolute atomic E-state index is 8.81. The predicted octanol–water partition coefficient (Wildman–Crippen LogP) is 0.367. The van der Waals surface area contributed by atoms with Gasteiger partial charge in [-0.05, 0) is 13.8 Å². The molecule has 0 fully saturated rings. The van der Waals surface area contributed by atoms with Gasteiger partial charge in [-0.25, -0.2) is 0 Å². The summed E-state index contributed by atoms with van der Waals surface area (Å²) in [5.41, 5.74) is 0. The zero-order valence-electron chi connectivity index (χ0n) is 6.58. The summed E-state index contributed by atoms with van der Waals surface area (Å²) in [6.45, 7) is 8.83. The molecule has 0 saturated carbocycles. The minimum Gasteiger partial charge on any atom is -0.394 e. The van der Waals surface area contributed by atoms with Crippen molar-refractivity contribution in [3.8, 4) is 0 Å². The Hall–Kier alpha value is -0.670. The van der Waals surface area contributed by atoms with Gasteiger partial charge in [-0.1, -0.05) is 0 Å². The van der Waals surface area contributed by atoms with E-state index in [1.54, 1.807) is 0 Å². The van der Waals surface area contributed by atoms with E-state index >= 15 is 0 Å². The number of aliphatic hydroxyl groups excluding tert-OH is 2. The van der Waals surface area contributed by atoms with Crippen molar-refractivity contribution in [2.24, 2.45) is 0 Å². The van der Waals surface area contributed by atoms with Crippen molar-refractivity contribution in [3.63, 3.8) is 0 Å². The molecule has 0 radical (unpaired) electrons. The minimum absolute atomic E-state index is 0.139. The molecule has 0 bridgehead atoms. The molecule has 2 N–H and O–H groups in total. The first kappa shape index (κ1) is 16.2. The van der Waals surface area contributed by atoms with Crippen LogP contribution in [0.5, 0.6) is 0 Å². The molecule has 0 aliphatic heterocycles. The van der Waals surface area contributed by atoms with E-state index in [9.17, 15) is 0 Å². The molecular formula is C7H16O3. The molecule has 0 spiro atoms. The van der Waals surface area contributed by atoms with Crippen LogP contribution in [0.2, 0.25) is 0 Å². The highest BCUT2D eigenvalue weighted by atomic mass is 16.3. The van der Waals surface area contributed by atoms with Gasteiger partial charge in [-0.3, -0.25) is 0 Å². The first-order chi connectivity index (χ1) is 4.68. The van der Waals surface area contributed by atoms with Crippen molar-refractivity contribution in [2.75, 3.05) is 6.61 Å². The van der Waals surface area contributed by atoms with Crippen LogP contribution in [-0.2, 0) is 4.79 Å². The lowest BCUT2D eigenvalue weighted by Gasteiger charge is -1.90. The molecule has 1 atom stereocenters. The van der Waals surface area contributed by atoms with Gasteiger partial charge in [-0.2, -0.15) is 0 Å². The third-order valence-corrected chi connectivity index (χ3v) is 0.264. The molecule has 0 aromatic heterocycles. The Balaban J connectivity index is -0.0000000847. The van der Waals surface area contributed by atoms with Crippen molar-refractivity contribution >= 4 is 6.29 Å². The lowest BCUT2D eigenvalue weighted by Crippen LogP contribution is -2.03. The quantitative estimate of drug-likeness (QED) is 0.417. The zero-order valence-corrected chi connectivity index (χ0v) is 6.58. The smallest absolute Gasteiger partial charge is 0.116 e. The molecule has 3 heteroatoms. The van der Waals surface area contributed by atoms with Crippen LogP contribution >= 0.6 is 0 Å². The molecule has 0 amide bonds. The van der Waals surface area contributed by atoms with Crippen LogP contribution in [0, 0.1) is 0 Å². The Morgan fingerprint density at radius 2 is 1.70 bits per heavy atom. The second-order valence-corrected chi connectivity index (χ2v) is 1.27. The van der Waals surface area contributed by atoms with Crippen molar-refractivity contribution in [3.05, 3.63) is 13.2 Å². The minimum atomic E-state index is -0.560. The Morgan fingerprint density at radius 1 is 1.60 bits per heavy atom. The van der Waals surface area contributed by atoms with Crippen LogP contribution in [0.4, 0.5) is 0 Å². The van der Waals surface area contributed by atoms with E-state index < -0.39 is 6.10 Å². The first-order valence-corrected chi connectivity index (χ1v) is 2.87. The molecule has 1 unspecified atom stereocenters. The van der Waals surface area contributed by atoms with E-state index in [2.05, 4.69) is 13.2 Å². The van der Waals surface area contributed by atoms with Gasteiger partial charge in [0.15, 0.2) is 0 Å². The second kappa shape index (κ2) is 23.9. The monoisotopic (exact) mass is 148 g/mol. The van der Waals surface area contributed by atoms with Gasteiger partial charge in [0.05, 0.1) is 12.7 Å². The topological polar surface area (TPSA) is 57.5 Å². The van der Waals surface area contributed by atoms with Gasteiger partial charge in [0.2, 0.25) is 0 Å². The van der Waals surface area contributed by atoms with Gasteiger partial charge in [0.1, 0.15) is 6.29 Å². The molecule has 0 heterocycles. The fourth-order valence-corrected chi connectivity index (χ4v) is 0. The molecule has 0 aliphatic rings. The van der Waals surface area contributed by atoms with Crippen molar-refractivity contribution in [1.82, 2.24) is 0 Å². The van der Waals surface area contributed by atoms with Crippen molar-refractivity contribution in [2.45, 2.75) is 20.0 Å². The summed E-state index contributed by atoms with van der Waals surface area (Å²) in [5.74, 6) is 0. The summed E-state index contributed by atoms with van der Waals surface area (Å²) in [6.07, 6.45) is 0.190. The molecule has 10 heavy (non-hydrogen) atoms. The number of carbonyl (C=O) groups excluding carboxylic acids is 1. The Kier molecular flexibility index (Phi) is 38.6. The van der Waals surface area contributed by atoms with Crippen LogP contribution in [0.25, 0.3) is 0 Å². The van der Waals surface area contributed by atoms with Crippen LogP contribution in [0.1, 0.15) is 13.8 Å². The largest absolute Gasteiger partial charge is 0.394 e. The summed E-state index contributed by atoms with van der Waals surface area (Å²) < 4.78 is 0. The highest BCUT2D eigenvalue weighted by Crippen LogP contribution is 1.68. The van der Waals surface area contributed by atoms with Crippen LogP contribution in [-0.4, -0.2) is 29.2 Å². The summed E-state index contributed by atoms with van der Waals surface area (Å²) in [4.78, 5) is 8.81. The lowest BCUT2D eigenvalue weighted by atomic mass is 10.5. The maximum Gasteiger partial charge on any atom is 0.116 e. The Bertz CT molecular complexity index is 52.8. The molecule has 62 valence electrons. The molecule has 0 aliphatic carbocycles. The predicted molar refractivity (Wildman–Crippen MR) is 41.8 cm³/mol. The number of rotatable bonds is 1. The Morgan fingerprint density at radius 3 is 1.70 bits per heavy atom. The van der Waals surface area contributed by atoms with Crippen LogP contribution in [0.3, 0.4) is 0 Å². The number of hydrogen-bond acceptors (Lipinski definition) is 3. The van der Waals surface area contributed by atoms with Crippen molar-refractivity contribution in [1.29, 1.82) is 0 Å². The summed E-state index contributed by atoms with van der Waals surface area (Å²) >= 11 is 0. The van der Waals surface area contributed by atoms with Gasteiger partial charge < -0.3 is 15.0 Å². The van der Waals surface area contributed by atoms with E-state index in [0.717, 1.165) is 6.29 Å². The summed E-state index contributed by atoms with van der Waals surface area (Å²) in [5, 5.41) is 16.0. The van der Waals surface area contributed by atoms with Crippen LogP contribution < -0.4 is 0 Å². The van der Waals surface area contributed by atoms with Gasteiger partial charge in [0.25, 0.3) is 0 Å². The zero-order chi connectivity index (χ0) is 8.99. The highest BCUT2D eigenvalue weighted by Gasteiger charge is 1.83. The third-order valence-electron chi connectivity index (χ3n) is 0.264. The second-order valence-electron chi connectivity index (χ2n) is 1.27. The maximum atomic E-state index is 8.81. The van der Waals surface area contributed by atoms with Crippen LogP contribution in [0.15, 0.2) is 13.2 Å². The van der Waals surface area contributed by atoms with Crippen molar-refractivity contribution < 1.29 is 15.0 Å². The Labute approximate surface area is 62.0 Å². The van der Waals surface area contributed by atoms with Gasteiger partial charge in [-0.15, -0.1) is 13.2 Å². The molecular weight excluding hydrogens is 132 g/mol. The molecule has 0 saturated heterocycles. The third kappa shape index (κ3) is 166. The number of aliphatic hydroxyl groups is 2. The van der Waals surface area contributed by atoms with Gasteiger partial charge >= 0.3 is 0 Å². The molecule has 0 aromatic rings. The number of carbonyl (C=O) groups is 1. The summed E-state index contributed by atoms with van der Waals surface area (Å²) in [6, 6.07) is 0. The van der Waals surface area contributed by atoms with E-state index in [1.807, 2.05) is 0 Å². The standard InChI is InChI=1S/C3H8O2.C2H4O.C2H4/c1-3(5)2-4;1-2-3;1-2/h3-5H,2H2,1H3;2H,1H3;1-2H2. The van der Waals surface area contributed by atoms with E-state index in [1.165, 1.54) is 13.8 Å². The molecule has 3 nitrogen and oxygen atoms in total. The average Bonchev–Trinajstić information content (AvgIpc) is 1.94. The number of hydrogen-bond donors (Lipinski definition) is 2. The fourth-order valence-electron chi connectivity index (χ4n) is 0. The normalized spacial score (nSPS) is 9.20. The van der Waals surface area contributed by atoms with E-state index in [-0.39, 0.29) is 6.61 Å². The average molecular weight is 148 g/mol. The first-order valence-electron chi connectivity index (χ1n) is 2.87. The molecule has 0 aromatic carbocycles. The number of aldehydes is 1. The molecule has 0 rings (SSSR count). The van der Waals surface area contributed by atoms with E-state index in [0.29, 0.717) is 0 Å².